The third kappa shape index (κ3) is 2.81. The lowest BCUT2D eigenvalue weighted by molar-refractivity contribution is 0.233. The van der Waals surface area contributed by atoms with Gasteiger partial charge in [-0.15, -0.1) is 11.3 Å². The van der Waals surface area contributed by atoms with Crippen LogP contribution in [0.5, 0.6) is 5.75 Å². The molecule has 7 heteroatoms. The molecule has 0 aliphatic carbocycles. The first kappa shape index (κ1) is 17.2. The summed E-state index contributed by atoms with van der Waals surface area (Å²) in [5, 5.41) is 33.8. The fourth-order valence-corrected chi connectivity index (χ4v) is 4.00. The Labute approximate surface area is 149 Å². The number of hydroxylamine groups is 1. The zero-order chi connectivity index (χ0) is 18.3. The molecule has 6 nitrogen and oxygen atoms in total. The number of nitrogens with one attached hydrogen (secondary N) is 2. The van der Waals surface area contributed by atoms with Gasteiger partial charge in [-0.1, -0.05) is 0 Å². The summed E-state index contributed by atoms with van der Waals surface area (Å²) in [6.07, 6.45) is 0. The van der Waals surface area contributed by atoms with Crippen molar-refractivity contribution in [2.45, 2.75) is 20.8 Å². The Morgan fingerprint density at radius 3 is 2.48 bits per heavy atom. The molecule has 0 aliphatic heterocycles. The van der Waals surface area contributed by atoms with E-state index in [0.29, 0.717) is 5.69 Å². The molecule has 130 valence electrons. The molecule has 0 amide bonds. The molecule has 0 bridgehead atoms. The van der Waals surface area contributed by atoms with Gasteiger partial charge in [0.05, 0.1) is 0 Å². The number of amidine groups is 1. The van der Waals surface area contributed by atoms with Crippen LogP contribution in [0.1, 0.15) is 21.7 Å². The average Bonchev–Trinajstić information content (AvgIpc) is 3.06. The molecule has 25 heavy (non-hydrogen) atoms. The average molecular weight is 356 g/mol. The van der Waals surface area contributed by atoms with Gasteiger partial charge < -0.3 is 5.11 Å². The minimum Gasteiger partial charge on any atom is -0.508 e. The van der Waals surface area contributed by atoms with E-state index in [2.05, 4.69) is 10.5 Å². The van der Waals surface area contributed by atoms with E-state index in [4.69, 9.17) is 5.41 Å². The summed E-state index contributed by atoms with van der Waals surface area (Å²) in [5.74, 6) is 0.0873. The highest BCUT2D eigenvalue weighted by molar-refractivity contribution is 7.10. The van der Waals surface area contributed by atoms with Gasteiger partial charge >= 0.3 is 0 Å². The van der Waals surface area contributed by atoms with Crippen LogP contribution >= 0.6 is 11.3 Å². The summed E-state index contributed by atoms with van der Waals surface area (Å²) in [6, 6.07) is 5.15. The molecular weight excluding hydrogens is 336 g/mol. The first-order chi connectivity index (χ1) is 11.8. The summed E-state index contributed by atoms with van der Waals surface area (Å²) in [4.78, 5) is 1.12. The maximum absolute atomic E-state index is 9.71. The molecule has 0 saturated heterocycles. The predicted molar refractivity (Wildman–Crippen MR) is 99.6 cm³/mol. The smallest absolute Gasteiger partial charge is 0.168 e. The van der Waals surface area contributed by atoms with Gasteiger partial charge in [-0.05, 0) is 55.5 Å². The van der Waals surface area contributed by atoms with Gasteiger partial charge in [-0.2, -0.15) is 5.10 Å². The Bertz CT molecular complexity index is 952. The van der Waals surface area contributed by atoms with Crippen LogP contribution in [0, 0.1) is 26.2 Å². The first-order valence-corrected chi connectivity index (χ1v) is 8.64. The second-order valence-corrected chi connectivity index (χ2v) is 7.12. The maximum Gasteiger partial charge on any atom is 0.168 e. The van der Waals surface area contributed by atoms with Crippen molar-refractivity contribution >= 4 is 17.2 Å². The van der Waals surface area contributed by atoms with Gasteiger partial charge in [0.15, 0.2) is 5.84 Å². The summed E-state index contributed by atoms with van der Waals surface area (Å²) < 4.78 is 1.60. The number of hydrogen-bond acceptors (Lipinski definition) is 5. The van der Waals surface area contributed by atoms with Crippen LogP contribution in [0.15, 0.2) is 23.6 Å². The van der Waals surface area contributed by atoms with E-state index in [9.17, 15) is 10.3 Å². The normalized spacial score (nSPS) is 10.9. The van der Waals surface area contributed by atoms with Crippen LogP contribution in [-0.2, 0) is 7.05 Å². The quantitative estimate of drug-likeness (QED) is 0.327. The highest BCUT2D eigenvalue weighted by Gasteiger charge is 2.26. The number of aromatic nitrogens is 2. The van der Waals surface area contributed by atoms with Gasteiger partial charge in [0.25, 0.3) is 0 Å². The molecular formula is C18H20N4O2S. The largest absolute Gasteiger partial charge is 0.508 e. The maximum atomic E-state index is 9.71. The monoisotopic (exact) mass is 356 g/mol. The zero-order valence-corrected chi connectivity index (χ0v) is 15.3. The van der Waals surface area contributed by atoms with E-state index >= 15 is 0 Å². The molecule has 0 radical (unpaired) electrons. The molecule has 0 fully saturated rings. The number of rotatable bonds is 3. The van der Waals surface area contributed by atoms with Gasteiger partial charge in [-0.25, -0.2) is 0 Å². The van der Waals surface area contributed by atoms with Crippen molar-refractivity contribution < 1.29 is 10.3 Å². The fourth-order valence-electron chi connectivity index (χ4n) is 3.15. The molecule has 0 atom stereocenters. The Kier molecular flexibility index (Phi) is 4.36. The third-order valence-corrected chi connectivity index (χ3v) is 5.30. The SMILES string of the molecule is Cc1cc(O)ccc1-c1nn(C)c(C(=N)NO)c1-c1c(C)csc1C. The second kappa shape index (κ2) is 6.34. The summed E-state index contributed by atoms with van der Waals surface area (Å²) in [6.45, 7) is 5.97. The van der Waals surface area contributed by atoms with Crippen LogP contribution in [0.2, 0.25) is 0 Å². The first-order valence-electron chi connectivity index (χ1n) is 7.76. The molecule has 0 unspecified atom stereocenters. The summed E-state index contributed by atoms with van der Waals surface area (Å²) in [7, 11) is 1.75. The Balaban J connectivity index is 2.39. The van der Waals surface area contributed by atoms with Crippen LogP contribution in [0.25, 0.3) is 22.4 Å². The summed E-state index contributed by atoms with van der Waals surface area (Å²) >= 11 is 1.64. The minimum atomic E-state index is -0.113. The number of aryl methyl sites for hydroxylation is 4. The number of phenolic OH excluding ortho intramolecular Hbond substituents is 1. The van der Waals surface area contributed by atoms with Crippen LogP contribution in [-0.4, -0.2) is 25.9 Å². The lowest BCUT2D eigenvalue weighted by Gasteiger charge is -2.10. The molecule has 2 aromatic heterocycles. The van der Waals surface area contributed by atoms with Crippen LogP contribution < -0.4 is 5.48 Å². The van der Waals surface area contributed by atoms with Crippen molar-refractivity contribution in [3.8, 4) is 28.1 Å². The third-order valence-electron chi connectivity index (χ3n) is 4.27. The molecule has 2 heterocycles. The zero-order valence-electron chi connectivity index (χ0n) is 14.5. The van der Waals surface area contributed by atoms with Gasteiger partial charge in [0.2, 0.25) is 0 Å². The Morgan fingerprint density at radius 1 is 1.20 bits per heavy atom. The number of benzene rings is 1. The van der Waals surface area contributed by atoms with E-state index in [1.165, 1.54) is 0 Å². The van der Waals surface area contributed by atoms with Gasteiger partial charge in [0, 0.05) is 28.6 Å². The van der Waals surface area contributed by atoms with Crippen molar-refractivity contribution in [3.63, 3.8) is 0 Å². The number of thiophene rings is 1. The van der Waals surface area contributed by atoms with E-state index in [-0.39, 0.29) is 11.6 Å². The summed E-state index contributed by atoms with van der Waals surface area (Å²) in [5.41, 5.74) is 7.86. The van der Waals surface area contributed by atoms with Crippen molar-refractivity contribution in [2.75, 3.05) is 0 Å². The van der Waals surface area contributed by atoms with Crippen molar-refractivity contribution in [3.05, 3.63) is 45.3 Å². The fraction of sp³-hybridized carbons (Fsp3) is 0.222. The number of aromatic hydroxyl groups is 1. The number of phenols is 1. The lowest BCUT2D eigenvalue weighted by atomic mass is 9.94. The topological polar surface area (TPSA) is 94.2 Å². The number of nitrogens with zero attached hydrogens (tertiary/aromatic N) is 2. The predicted octanol–water partition coefficient (Wildman–Crippen LogP) is 3.75. The molecule has 1 aromatic carbocycles. The van der Waals surface area contributed by atoms with Crippen molar-refractivity contribution in [2.24, 2.45) is 7.05 Å². The Morgan fingerprint density at radius 2 is 1.92 bits per heavy atom. The van der Waals surface area contributed by atoms with E-state index in [1.54, 1.807) is 35.2 Å². The van der Waals surface area contributed by atoms with Crippen LogP contribution in [0.4, 0.5) is 0 Å². The lowest BCUT2D eigenvalue weighted by Crippen LogP contribution is -2.22. The van der Waals surface area contributed by atoms with Gasteiger partial charge in [0.1, 0.15) is 17.1 Å². The standard InChI is InChI=1S/C18H20N4O2S/c1-9-7-12(23)5-6-13(9)16-15(14-10(2)8-25-11(14)3)17(18(19)21-24)22(4)20-16/h5-8,23-24H,1-4H3,(H2,19,21). The molecule has 3 aromatic rings. The van der Waals surface area contributed by atoms with Crippen molar-refractivity contribution in [1.29, 1.82) is 5.41 Å². The molecule has 3 rings (SSSR count). The van der Waals surface area contributed by atoms with Crippen molar-refractivity contribution in [1.82, 2.24) is 15.3 Å². The highest BCUT2D eigenvalue weighted by atomic mass is 32.1. The van der Waals surface area contributed by atoms with E-state index in [0.717, 1.165) is 38.4 Å². The Hall–Kier alpha value is -2.64. The second-order valence-electron chi connectivity index (χ2n) is 6.03. The van der Waals surface area contributed by atoms with Gasteiger partial charge in [-0.3, -0.25) is 20.8 Å². The minimum absolute atomic E-state index is 0.113. The number of hydrogen-bond donors (Lipinski definition) is 4. The molecule has 0 spiro atoms. The molecule has 0 saturated carbocycles. The molecule has 0 aliphatic rings. The highest BCUT2D eigenvalue weighted by Crippen LogP contribution is 2.41. The van der Waals surface area contributed by atoms with Crippen LogP contribution in [0.3, 0.4) is 0 Å². The van der Waals surface area contributed by atoms with E-state index < -0.39 is 0 Å². The molecule has 4 N–H and O–H groups in total. The van der Waals surface area contributed by atoms with E-state index in [1.807, 2.05) is 32.3 Å².